The van der Waals surface area contributed by atoms with Crippen LogP contribution in [0.3, 0.4) is 0 Å². The summed E-state index contributed by atoms with van der Waals surface area (Å²) < 4.78 is 10.6. The van der Waals surface area contributed by atoms with Crippen LogP contribution < -0.4 is 0 Å². The quantitative estimate of drug-likeness (QED) is 0.698. The minimum absolute atomic E-state index is 0.168. The van der Waals surface area contributed by atoms with Crippen LogP contribution in [-0.2, 0) is 9.47 Å². The van der Waals surface area contributed by atoms with Crippen molar-refractivity contribution in [2.75, 3.05) is 39.4 Å². The largest absolute Gasteiger partial charge is 0.444 e. The number of likely N-dealkylation sites (tertiary alicyclic amines) is 2. The van der Waals surface area contributed by atoms with Gasteiger partial charge >= 0.3 is 6.09 Å². The molecule has 0 aromatic rings. The Balaban J connectivity index is 1.42. The van der Waals surface area contributed by atoms with Gasteiger partial charge in [-0.1, -0.05) is 0 Å². The number of nitrogens with zero attached hydrogens (tertiary/aromatic N) is 2. The van der Waals surface area contributed by atoms with Crippen LogP contribution in [0.15, 0.2) is 0 Å². The van der Waals surface area contributed by atoms with Crippen LogP contribution in [0, 0.1) is 5.41 Å². The molecular formula is C13H22N2O3. The fraction of sp³-hybridized carbons (Fsp3) is 0.923. The highest BCUT2D eigenvalue weighted by molar-refractivity contribution is 5.69. The molecular weight excluding hydrogens is 232 g/mol. The average molecular weight is 254 g/mol. The smallest absolute Gasteiger partial charge is 0.410 e. The Kier molecular flexibility index (Phi) is 2.61. The Morgan fingerprint density at radius 3 is 2.28 bits per heavy atom. The molecule has 3 fully saturated rings. The first-order valence-electron chi connectivity index (χ1n) is 6.67. The van der Waals surface area contributed by atoms with E-state index in [4.69, 9.17) is 9.47 Å². The molecule has 1 spiro atoms. The highest BCUT2D eigenvalue weighted by atomic mass is 16.6. The van der Waals surface area contributed by atoms with Crippen LogP contribution in [0.5, 0.6) is 0 Å². The topological polar surface area (TPSA) is 42.0 Å². The normalized spacial score (nSPS) is 27.4. The van der Waals surface area contributed by atoms with Crippen LogP contribution in [0.4, 0.5) is 4.79 Å². The van der Waals surface area contributed by atoms with E-state index in [1.165, 1.54) is 0 Å². The number of amides is 1. The second-order valence-electron chi connectivity index (χ2n) is 6.93. The van der Waals surface area contributed by atoms with E-state index in [9.17, 15) is 4.79 Å². The van der Waals surface area contributed by atoms with Crippen molar-refractivity contribution in [3.63, 3.8) is 0 Å². The lowest BCUT2D eigenvalue weighted by molar-refractivity contribution is -0.171. The van der Waals surface area contributed by atoms with Gasteiger partial charge in [-0.05, 0) is 20.8 Å². The van der Waals surface area contributed by atoms with E-state index < -0.39 is 5.60 Å². The summed E-state index contributed by atoms with van der Waals surface area (Å²) in [5, 5.41) is 0. The predicted octanol–water partition coefficient (Wildman–Crippen LogP) is 0.938. The van der Waals surface area contributed by atoms with E-state index in [0.717, 1.165) is 39.4 Å². The summed E-state index contributed by atoms with van der Waals surface area (Å²) in [5.41, 5.74) is -0.0404. The molecule has 0 radical (unpaired) electrons. The predicted molar refractivity (Wildman–Crippen MR) is 66.4 cm³/mol. The first kappa shape index (κ1) is 12.2. The van der Waals surface area contributed by atoms with Crippen LogP contribution >= 0.6 is 0 Å². The van der Waals surface area contributed by atoms with Gasteiger partial charge < -0.3 is 14.4 Å². The zero-order valence-corrected chi connectivity index (χ0v) is 11.4. The van der Waals surface area contributed by atoms with Crippen LogP contribution in [0.2, 0.25) is 0 Å². The van der Waals surface area contributed by atoms with E-state index in [1.807, 2.05) is 25.7 Å². The molecule has 0 saturated carbocycles. The van der Waals surface area contributed by atoms with Crippen molar-refractivity contribution in [2.45, 2.75) is 32.4 Å². The maximum absolute atomic E-state index is 11.8. The fourth-order valence-corrected chi connectivity index (χ4v) is 2.93. The Labute approximate surface area is 108 Å². The third-order valence-corrected chi connectivity index (χ3v) is 3.92. The van der Waals surface area contributed by atoms with Crippen LogP contribution in [0.1, 0.15) is 20.8 Å². The summed E-state index contributed by atoms with van der Waals surface area (Å²) in [6, 6.07) is 0.631. The molecule has 0 bridgehead atoms. The minimum Gasteiger partial charge on any atom is -0.444 e. The van der Waals surface area contributed by atoms with Crippen molar-refractivity contribution < 1.29 is 14.3 Å². The first-order chi connectivity index (χ1) is 8.37. The van der Waals surface area contributed by atoms with Gasteiger partial charge in [0.2, 0.25) is 0 Å². The fourth-order valence-electron chi connectivity index (χ4n) is 2.93. The van der Waals surface area contributed by atoms with Crippen LogP contribution in [-0.4, -0.2) is 66.9 Å². The van der Waals surface area contributed by atoms with Crippen molar-refractivity contribution in [1.82, 2.24) is 9.80 Å². The van der Waals surface area contributed by atoms with Gasteiger partial charge in [-0.15, -0.1) is 0 Å². The van der Waals surface area contributed by atoms with E-state index in [1.54, 1.807) is 0 Å². The average Bonchev–Trinajstić information content (AvgIpc) is 1.98. The van der Waals surface area contributed by atoms with Crippen molar-refractivity contribution in [3.05, 3.63) is 0 Å². The van der Waals surface area contributed by atoms with Gasteiger partial charge in [0.15, 0.2) is 0 Å². The van der Waals surface area contributed by atoms with E-state index in [0.29, 0.717) is 11.5 Å². The molecule has 102 valence electrons. The van der Waals surface area contributed by atoms with Gasteiger partial charge in [-0.25, -0.2) is 4.79 Å². The second kappa shape index (κ2) is 3.84. The molecule has 0 aliphatic carbocycles. The number of carbonyl (C=O) groups is 1. The summed E-state index contributed by atoms with van der Waals surface area (Å²) in [6.45, 7) is 11.4. The standard InChI is InChI=1S/C13H22N2O3/c1-12(2,3)18-11(16)15-8-13(9-15)6-14(7-13)10-4-17-5-10/h10H,4-9H2,1-3H3. The third kappa shape index (κ3) is 2.10. The molecule has 3 aliphatic rings. The molecule has 0 atom stereocenters. The molecule has 0 aromatic carbocycles. The lowest BCUT2D eigenvalue weighted by Gasteiger charge is -2.62. The number of hydrogen-bond donors (Lipinski definition) is 0. The Morgan fingerprint density at radius 1 is 1.22 bits per heavy atom. The zero-order valence-electron chi connectivity index (χ0n) is 11.4. The molecule has 0 aromatic heterocycles. The van der Waals surface area contributed by atoms with E-state index >= 15 is 0 Å². The summed E-state index contributed by atoms with van der Waals surface area (Å²) in [5.74, 6) is 0. The minimum atomic E-state index is -0.394. The maximum Gasteiger partial charge on any atom is 0.410 e. The molecule has 0 unspecified atom stereocenters. The summed E-state index contributed by atoms with van der Waals surface area (Å²) in [4.78, 5) is 16.1. The molecule has 5 nitrogen and oxygen atoms in total. The molecule has 3 aliphatic heterocycles. The van der Waals surface area contributed by atoms with Gasteiger partial charge in [0.1, 0.15) is 5.60 Å². The van der Waals surface area contributed by atoms with Crippen molar-refractivity contribution >= 4 is 6.09 Å². The Bertz CT molecular complexity index is 346. The summed E-state index contributed by atoms with van der Waals surface area (Å²) >= 11 is 0. The zero-order chi connectivity index (χ0) is 13.0. The number of ether oxygens (including phenoxy) is 2. The van der Waals surface area contributed by atoms with E-state index in [2.05, 4.69) is 4.90 Å². The van der Waals surface area contributed by atoms with Gasteiger partial charge in [0.05, 0.1) is 19.3 Å². The molecule has 18 heavy (non-hydrogen) atoms. The number of rotatable bonds is 1. The highest BCUT2D eigenvalue weighted by Gasteiger charge is 2.55. The van der Waals surface area contributed by atoms with Gasteiger partial charge in [0, 0.05) is 31.6 Å². The lowest BCUT2D eigenvalue weighted by Crippen LogP contribution is -2.76. The molecule has 3 saturated heterocycles. The van der Waals surface area contributed by atoms with Crippen molar-refractivity contribution in [2.24, 2.45) is 5.41 Å². The second-order valence-corrected chi connectivity index (χ2v) is 6.93. The van der Waals surface area contributed by atoms with Gasteiger partial charge in [-0.3, -0.25) is 4.90 Å². The Morgan fingerprint density at radius 2 is 1.83 bits per heavy atom. The van der Waals surface area contributed by atoms with Crippen molar-refractivity contribution in [1.29, 1.82) is 0 Å². The monoisotopic (exact) mass is 254 g/mol. The molecule has 1 amide bonds. The van der Waals surface area contributed by atoms with E-state index in [-0.39, 0.29) is 6.09 Å². The number of carbonyl (C=O) groups excluding carboxylic acids is 1. The maximum atomic E-state index is 11.8. The molecule has 3 rings (SSSR count). The van der Waals surface area contributed by atoms with Gasteiger partial charge in [-0.2, -0.15) is 0 Å². The molecule has 3 heterocycles. The summed E-state index contributed by atoms with van der Waals surface area (Å²) in [7, 11) is 0. The Hall–Kier alpha value is -0.810. The van der Waals surface area contributed by atoms with Crippen molar-refractivity contribution in [3.8, 4) is 0 Å². The third-order valence-electron chi connectivity index (χ3n) is 3.92. The lowest BCUT2D eigenvalue weighted by atomic mass is 9.72. The highest BCUT2D eigenvalue weighted by Crippen LogP contribution is 2.41. The van der Waals surface area contributed by atoms with Gasteiger partial charge in [0.25, 0.3) is 0 Å². The summed E-state index contributed by atoms with van der Waals surface area (Å²) in [6.07, 6.45) is -0.168. The van der Waals surface area contributed by atoms with Crippen LogP contribution in [0.25, 0.3) is 0 Å². The first-order valence-corrected chi connectivity index (χ1v) is 6.67. The number of hydrogen-bond acceptors (Lipinski definition) is 4. The molecule has 0 N–H and O–H groups in total. The molecule has 5 heteroatoms. The SMILES string of the molecule is CC(C)(C)OC(=O)N1CC2(C1)CN(C1COC1)C2.